The number of hydrogen-bond acceptors (Lipinski definition) is 7. The first kappa shape index (κ1) is 18.8. The van der Waals surface area contributed by atoms with Gasteiger partial charge in [-0.15, -0.1) is 0 Å². The molecule has 3 rings (SSSR count). The van der Waals surface area contributed by atoms with E-state index in [1.807, 2.05) is 0 Å². The molecule has 1 N–H and O–H groups in total. The van der Waals surface area contributed by atoms with Gasteiger partial charge in [-0.3, -0.25) is 18.8 Å². The summed E-state index contributed by atoms with van der Waals surface area (Å²) in [6.07, 6.45) is 2.49. The quantitative estimate of drug-likeness (QED) is 0.540. The highest BCUT2D eigenvalue weighted by atomic mass is 16.5. The van der Waals surface area contributed by atoms with E-state index < -0.39 is 23.4 Å². The van der Waals surface area contributed by atoms with Crippen molar-refractivity contribution in [1.82, 2.24) is 9.38 Å². The molecule has 1 aromatic carbocycles. The fourth-order valence-electron chi connectivity index (χ4n) is 2.49. The second-order valence-corrected chi connectivity index (χ2v) is 5.66. The number of ether oxygens (including phenoxy) is 2. The number of methoxy groups -OCH3 is 1. The van der Waals surface area contributed by atoms with E-state index in [1.54, 1.807) is 12.1 Å². The number of nitrogens with one attached hydrogen (secondary N) is 1. The number of nitrogens with zero attached hydrogens (tertiary/aromatic N) is 2. The van der Waals surface area contributed by atoms with Crippen LogP contribution in [0.1, 0.15) is 27.6 Å². The van der Waals surface area contributed by atoms with Crippen LogP contribution < -0.4 is 15.6 Å². The van der Waals surface area contributed by atoms with Crippen LogP contribution in [0, 0.1) is 0 Å². The lowest BCUT2D eigenvalue weighted by atomic mass is 10.2. The summed E-state index contributed by atoms with van der Waals surface area (Å²) in [5.41, 5.74) is -0.180. The number of anilines is 1. The van der Waals surface area contributed by atoms with Crippen LogP contribution in [0.5, 0.6) is 5.75 Å². The van der Waals surface area contributed by atoms with Crippen LogP contribution in [0.2, 0.25) is 0 Å². The van der Waals surface area contributed by atoms with Crippen molar-refractivity contribution in [2.45, 2.75) is 6.92 Å². The Morgan fingerprint density at radius 1 is 1.11 bits per heavy atom. The van der Waals surface area contributed by atoms with Gasteiger partial charge in [-0.1, -0.05) is 12.1 Å². The Morgan fingerprint density at radius 3 is 2.57 bits per heavy atom. The number of benzene rings is 1. The average Bonchev–Trinajstić information content (AvgIpc) is 2.69. The molecule has 0 aliphatic carbocycles. The molecule has 0 fully saturated rings. The van der Waals surface area contributed by atoms with Gasteiger partial charge in [-0.05, 0) is 24.3 Å². The number of esters is 2. The summed E-state index contributed by atoms with van der Waals surface area (Å²) in [5, 5.41) is 2.45. The number of pyridine rings is 1. The molecule has 0 saturated carbocycles. The van der Waals surface area contributed by atoms with Crippen LogP contribution in [0.4, 0.5) is 5.69 Å². The average molecular weight is 381 g/mol. The van der Waals surface area contributed by atoms with Crippen molar-refractivity contribution in [1.29, 1.82) is 0 Å². The van der Waals surface area contributed by atoms with Gasteiger partial charge in [-0.25, -0.2) is 9.78 Å². The SMILES string of the molecule is COC(=O)c1ccc2ncc(NC(=O)c3ccccc3OC(C)=O)c(=O)n2c1. The lowest BCUT2D eigenvalue weighted by Gasteiger charge is -2.10. The van der Waals surface area contributed by atoms with Crippen molar-refractivity contribution in [3.63, 3.8) is 0 Å². The van der Waals surface area contributed by atoms with Crippen molar-refractivity contribution in [2.75, 3.05) is 12.4 Å². The van der Waals surface area contributed by atoms with E-state index in [4.69, 9.17) is 4.74 Å². The number of aromatic nitrogens is 2. The zero-order chi connectivity index (χ0) is 20.3. The molecule has 0 atom stereocenters. The number of rotatable bonds is 4. The van der Waals surface area contributed by atoms with E-state index in [0.717, 1.165) is 4.40 Å². The first-order valence-corrected chi connectivity index (χ1v) is 8.09. The third-order valence-electron chi connectivity index (χ3n) is 3.76. The Labute approximate surface area is 158 Å². The summed E-state index contributed by atoms with van der Waals surface area (Å²) in [4.78, 5) is 52.2. The normalized spacial score (nSPS) is 10.4. The van der Waals surface area contributed by atoms with Crippen molar-refractivity contribution < 1.29 is 23.9 Å². The Hall–Kier alpha value is -4.01. The van der Waals surface area contributed by atoms with Crippen molar-refractivity contribution in [3.05, 3.63) is 70.3 Å². The molecular formula is C19H15N3O6. The maximum atomic E-state index is 12.7. The van der Waals surface area contributed by atoms with Crippen molar-refractivity contribution in [3.8, 4) is 5.75 Å². The predicted octanol–water partition coefficient (Wildman–Crippen LogP) is 1.66. The smallest absolute Gasteiger partial charge is 0.339 e. The Kier molecular flexibility index (Phi) is 5.16. The monoisotopic (exact) mass is 381 g/mol. The van der Waals surface area contributed by atoms with E-state index in [0.29, 0.717) is 0 Å². The molecule has 0 bridgehead atoms. The summed E-state index contributed by atoms with van der Waals surface area (Å²) < 4.78 is 10.8. The molecule has 28 heavy (non-hydrogen) atoms. The number of hydrogen-bond donors (Lipinski definition) is 1. The number of para-hydroxylation sites is 1. The minimum Gasteiger partial charge on any atom is -0.465 e. The van der Waals surface area contributed by atoms with Crippen LogP contribution in [0.25, 0.3) is 5.65 Å². The summed E-state index contributed by atoms with van der Waals surface area (Å²) in [6.45, 7) is 1.22. The van der Waals surface area contributed by atoms with Gasteiger partial charge in [0.15, 0.2) is 0 Å². The minimum absolute atomic E-state index is 0.0642. The highest BCUT2D eigenvalue weighted by molar-refractivity contribution is 6.06. The fourth-order valence-corrected chi connectivity index (χ4v) is 2.49. The number of carbonyl (C=O) groups is 3. The van der Waals surface area contributed by atoms with Gasteiger partial charge in [0.1, 0.15) is 17.1 Å². The maximum absolute atomic E-state index is 12.7. The Morgan fingerprint density at radius 2 is 1.86 bits per heavy atom. The Bertz CT molecular complexity index is 1150. The molecule has 0 saturated heterocycles. The predicted molar refractivity (Wildman–Crippen MR) is 98.5 cm³/mol. The van der Waals surface area contributed by atoms with Crippen LogP contribution in [0.3, 0.4) is 0 Å². The van der Waals surface area contributed by atoms with Gasteiger partial charge in [0.25, 0.3) is 11.5 Å². The maximum Gasteiger partial charge on any atom is 0.339 e. The van der Waals surface area contributed by atoms with Gasteiger partial charge in [0.2, 0.25) is 0 Å². The molecule has 0 aliphatic rings. The van der Waals surface area contributed by atoms with E-state index in [-0.39, 0.29) is 28.2 Å². The number of fused-ring (bicyclic) bond motifs is 1. The van der Waals surface area contributed by atoms with Crippen molar-refractivity contribution >= 4 is 29.2 Å². The molecule has 9 nitrogen and oxygen atoms in total. The van der Waals surface area contributed by atoms with Crippen molar-refractivity contribution in [2.24, 2.45) is 0 Å². The molecule has 3 aromatic rings. The standard InChI is InChI=1S/C19H15N3O6/c1-11(23)28-15-6-4-3-5-13(15)17(24)21-14-9-20-16-8-7-12(19(26)27-2)10-22(16)18(14)25/h3-10H,1-2H3,(H,21,24). The molecule has 2 heterocycles. The first-order valence-electron chi connectivity index (χ1n) is 8.09. The molecule has 142 valence electrons. The van der Waals surface area contributed by atoms with E-state index in [1.165, 1.54) is 50.7 Å². The highest BCUT2D eigenvalue weighted by Gasteiger charge is 2.16. The zero-order valence-corrected chi connectivity index (χ0v) is 15.0. The number of carbonyl (C=O) groups excluding carboxylic acids is 3. The molecule has 2 aromatic heterocycles. The van der Waals surface area contributed by atoms with E-state index >= 15 is 0 Å². The van der Waals surface area contributed by atoms with Crippen LogP contribution in [-0.4, -0.2) is 34.3 Å². The van der Waals surface area contributed by atoms with Gasteiger partial charge >= 0.3 is 11.9 Å². The van der Waals surface area contributed by atoms with Crippen LogP contribution >= 0.6 is 0 Å². The van der Waals surface area contributed by atoms with Crippen LogP contribution in [0.15, 0.2) is 53.6 Å². The summed E-state index contributed by atoms with van der Waals surface area (Å²) >= 11 is 0. The summed E-state index contributed by atoms with van der Waals surface area (Å²) in [7, 11) is 1.23. The number of amides is 1. The molecule has 0 spiro atoms. The summed E-state index contributed by atoms with van der Waals surface area (Å²) in [6, 6.07) is 9.07. The minimum atomic E-state index is -0.653. The second kappa shape index (κ2) is 7.70. The topological polar surface area (TPSA) is 116 Å². The molecule has 1 amide bonds. The largest absolute Gasteiger partial charge is 0.465 e. The molecular weight excluding hydrogens is 366 g/mol. The Balaban J connectivity index is 1.98. The molecule has 0 radical (unpaired) electrons. The zero-order valence-electron chi connectivity index (χ0n) is 15.0. The molecule has 0 unspecified atom stereocenters. The lowest BCUT2D eigenvalue weighted by Crippen LogP contribution is -2.24. The van der Waals surface area contributed by atoms with E-state index in [9.17, 15) is 19.2 Å². The summed E-state index contributed by atoms with van der Waals surface area (Å²) in [5.74, 6) is -1.78. The fraction of sp³-hybridized carbons (Fsp3) is 0.105. The van der Waals surface area contributed by atoms with Gasteiger partial charge in [0, 0.05) is 13.1 Å². The second-order valence-electron chi connectivity index (χ2n) is 5.66. The third kappa shape index (κ3) is 3.73. The molecule has 9 heteroatoms. The highest BCUT2D eigenvalue weighted by Crippen LogP contribution is 2.19. The first-order chi connectivity index (χ1) is 13.4. The third-order valence-corrected chi connectivity index (χ3v) is 3.76. The molecule has 0 aliphatic heterocycles. The van der Waals surface area contributed by atoms with Gasteiger partial charge < -0.3 is 14.8 Å². The van der Waals surface area contributed by atoms with E-state index in [2.05, 4.69) is 15.0 Å². The lowest BCUT2D eigenvalue weighted by molar-refractivity contribution is -0.131. The van der Waals surface area contributed by atoms with Crippen LogP contribution in [-0.2, 0) is 9.53 Å². The van der Waals surface area contributed by atoms with Gasteiger partial charge in [-0.2, -0.15) is 0 Å². The van der Waals surface area contributed by atoms with Gasteiger partial charge in [0.05, 0.1) is 24.4 Å².